The summed E-state index contributed by atoms with van der Waals surface area (Å²) in [6, 6.07) is 4.31. The molecule has 0 radical (unpaired) electrons. The first-order chi connectivity index (χ1) is 13.0. The lowest BCUT2D eigenvalue weighted by Crippen LogP contribution is -2.54. The van der Waals surface area contributed by atoms with Gasteiger partial charge in [0.1, 0.15) is 6.04 Å². The van der Waals surface area contributed by atoms with Gasteiger partial charge in [-0.05, 0) is 56.2 Å². The number of hydrogen-bond acceptors (Lipinski definition) is 4. The van der Waals surface area contributed by atoms with Gasteiger partial charge in [0.15, 0.2) is 0 Å². The van der Waals surface area contributed by atoms with Crippen LogP contribution in [0.4, 0.5) is 0 Å². The lowest BCUT2D eigenvalue weighted by atomic mass is 9.95. The van der Waals surface area contributed by atoms with Crippen LogP contribution in [0.15, 0.2) is 24.5 Å². The highest BCUT2D eigenvalue weighted by Crippen LogP contribution is 2.28. The molecule has 2 atom stereocenters. The molecule has 3 rings (SSSR count). The standard InChI is InChI=1S/C21H32N4O2/c1-15(17-7-11-22-12-8-17)25-13-9-19(10-14-25)24-21(27)20(23-16(2)26)18-5-3-4-6-18/h7-8,11-12,15,18-20H,3-6,9-10,13-14H2,1-2H3,(H,23,26)(H,24,27). The number of amides is 2. The summed E-state index contributed by atoms with van der Waals surface area (Å²) < 4.78 is 0. The molecule has 2 aliphatic rings. The summed E-state index contributed by atoms with van der Waals surface area (Å²) in [5.41, 5.74) is 1.28. The van der Waals surface area contributed by atoms with Crippen molar-refractivity contribution >= 4 is 11.8 Å². The van der Waals surface area contributed by atoms with Crippen LogP contribution in [0, 0.1) is 5.92 Å². The van der Waals surface area contributed by atoms with Gasteiger partial charge in [-0.2, -0.15) is 0 Å². The summed E-state index contributed by atoms with van der Waals surface area (Å²) in [5, 5.41) is 6.10. The first kappa shape index (κ1) is 19.8. The largest absolute Gasteiger partial charge is 0.351 e. The van der Waals surface area contributed by atoms with Crippen molar-refractivity contribution in [2.75, 3.05) is 13.1 Å². The molecule has 148 valence electrons. The fourth-order valence-electron chi connectivity index (χ4n) is 4.48. The van der Waals surface area contributed by atoms with Gasteiger partial charge in [0.05, 0.1) is 0 Å². The zero-order valence-electron chi connectivity index (χ0n) is 16.5. The summed E-state index contributed by atoms with van der Waals surface area (Å²) in [6.07, 6.45) is 9.92. The molecule has 6 nitrogen and oxygen atoms in total. The first-order valence-electron chi connectivity index (χ1n) is 10.3. The molecule has 1 saturated heterocycles. The number of carbonyl (C=O) groups is 2. The zero-order valence-corrected chi connectivity index (χ0v) is 16.5. The highest BCUT2D eigenvalue weighted by molar-refractivity contribution is 5.87. The van der Waals surface area contributed by atoms with Gasteiger partial charge in [-0.15, -0.1) is 0 Å². The van der Waals surface area contributed by atoms with E-state index in [-0.39, 0.29) is 29.8 Å². The van der Waals surface area contributed by atoms with E-state index in [1.165, 1.54) is 12.5 Å². The minimum absolute atomic E-state index is 0.00210. The molecule has 1 aliphatic carbocycles. The Hall–Kier alpha value is -1.95. The number of hydrogen-bond donors (Lipinski definition) is 2. The maximum absolute atomic E-state index is 12.8. The maximum atomic E-state index is 12.8. The van der Waals surface area contributed by atoms with Crippen LogP contribution in [-0.2, 0) is 9.59 Å². The van der Waals surface area contributed by atoms with Gasteiger partial charge in [0, 0.05) is 44.5 Å². The van der Waals surface area contributed by atoms with E-state index in [4.69, 9.17) is 0 Å². The second kappa shape index (κ2) is 9.31. The number of aromatic nitrogens is 1. The molecule has 1 aromatic heterocycles. The van der Waals surface area contributed by atoms with Crippen LogP contribution in [-0.4, -0.2) is 46.9 Å². The van der Waals surface area contributed by atoms with Crippen LogP contribution in [0.1, 0.15) is 64.0 Å². The van der Waals surface area contributed by atoms with Crippen molar-refractivity contribution in [3.8, 4) is 0 Å². The van der Waals surface area contributed by atoms with Crippen molar-refractivity contribution in [2.45, 2.75) is 70.5 Å². The number of pyridine rings is 1. The molecule has 2 N–H and O–H groups in total. The first-order valence-corrected chi connectivity index (χ1v) is 10.3. The Morgan fingerprint density at radius 3 is 2.33 bits per heavy atom. The van der Waals surface area contributed by atoms with Crippen LogP contribution in [0.5, 0.6) is 0 Å². The van der Waals surface area contributed by atoms with Gasteiger partial charge in [0.2, 0.25) is 11.8 Å². The van der Waals surface area contributed by atoms with Gasteiger partial charge in [0.25, 0.3) is 0 Å². The van der Waals surface area contributed by atoms with E-state index in [0.717, 1.165) is 51.6 Å². The molecule has 6 heteroatoms. The quantitative estimate of drug-likeness (QED) is 0.804. The molecule has 2 amide bonds. The maximum Gasteiger partial charge on any atom is 0.243 e. The predicted molar refractivity (Wildman–Crippen MR) is 105 cm³/mol. The van der Waals surface area contributed by atoms with E-state index in [1.54, 1.807) is 0 Å². The number of carbonyl (C=O) groups excluding carboxylic acids is 2. The lowest BCUT2D eigenvalue weighted by molar-refractivity contribution is -0.130. The van der Waals surface area contributed by atoms with E-state index < -0.39 is 0 Å². The Morgan fingerprint density at radius 1 is 1.11 bits per heavy atom. The highest BCUT2D eigenvalue weighted by Gasteiger charge is 2.33. The Bertz CT molecular complexity index is 622. The van der Waals surface area contributed by atoms with E-state index >= 15 is 0 Å². The molecule has 0 bridgehead atoms. The van der Waals surface area contributed by atoms with Gasteiger partial charge >= 0.3 is 0 Å². The van der Waals surface area contributed by atoms with Crippen molar-refractivity contribution in [2.24, 2.45) is 5.92 Å². The van der Waals surface area contributed by atoms with Crippen LogP contribution in [0.2, 0.25) is 0 Å². The fraction of sp³-hybridized carbons (Fsp3) is 0.667. The van der Waals surface area contributed by atoms with Crippen molar-refractivity contribution in [3.05, 3.63) is 30.1 Å². The van der Waals surface area contributed by atoms with Gasteiger partial charge < -0.3 is 10.6 Å². The monoisotopic (exact) mass is 372 g/mol. The Labute approximate surface area is 162 Å². The smallest absolute Gasteiger partial charge is 0.243 e. The summed E-state index contributed by atoms with van der Waals surface area (Å²) in [7, 11) is 0. The number of nitrogens with one attached hydrogen (secondary N) is 2. The fourth-order valence-corrected chi connectivity index (χ4v) is 4.48. The van der Waals surface area contributed by atoms with Crippen LogP contribution >= 0.6 is 0 Å². The molecule has 2 unspecified atom stereocenters. The van der Waals surface area contributed by atoms with Crippen molar-refractivity contribution in [1.82, 2.24) is 20.5 Å². The van der Waals surface area contributed by atoms with Crippen LogP contribution in [0.3, 0.4) is 0 Å². The number of piperidine rings is 1. The third-order valence-electron chi connectivity index (χ3n) is 6.12. The summed E-state index contributed by atoms with van der Waals surface area (Å²) in [6.45, 7) is 5.64. The zero-order chi connectivity index (χ0) is 19.2. The predicted octanol–water partition coefficient (Wildman–Crippen LogP) is 2.42. The Morgan fingerprint density at radius 2 is 1.74 bits per heavy atom. The van der Waals surface area contributed by atoms with Crippen molar-refractivity contribution in [3.63, 3.8) is 0 Å². The second-order valence-corrected chi connectivity index (χ2v) is 8.00. The average molecular weight is 373 g/mol. The van der Waals surface area contributed by atoms with Gasteiger partial charge in [-0.3, -0.25) is 19.5 Å². The van der Waals surface area contributed by atoms with E-state index in [2.05, 4.69) is 39.6 Å². The molecule has 0 spiro atoms. The van der Waals surface area contributed by atoms with Crippen molar-refractivity contribution in [1.29, 1.82) is 0 Å². The minimum atomic E-state index is -0.376. The Kier molecular flexibility index (Phi) is 6.83. The van der Waals surface area contributed by atoms with E-state index in [0.29, 0.717) is 6.04 Å². The van der Waals surface area contributed by atoms with Gasteiger partial charge in [-0.25, -0.2) is 0 Å². The molecule has 0 aromatic carbocycles. The Balaban J connectivity index is 1.51. The molecule has 2 fully saturated rings. The molecular formula is C21H32N4O2. The van der Waals surface area contributed by atoms with E-state index in [9.17, 15) is 9.59 Å². The average Bonchev–Trinajstić information content (AvgIpc) is 3.21. The molecule has 27 heavy (non-hydrogen) atoms. The third kappa shape index (κ3) is 5.28. The van der Waals surface area contributed by atoms with Crippen molar-refractivity contribution < 1.29 is 9.59 Å². The lowest BCUT2D eigenvalue weighted by Gasteiger charge is -2.37. The SMILES string of the molecule is CC(=O)NC(C(=O)NC1CCN(C(C)c2ccncc2)CC1)C1CCCC1. The number of likely N-dealkylation sites (tertiary alicyclic amines) is 1. The molecule has 1 aromatic rings. The minimum Gasteiger partial charge on any atom is -0.351 e. The second-order valence-electron chi connectivity index (χ2n) is 8.00. The highest BCUT2D eigenvalue weighted by atomic mass is 16.2. The molecule has 1 aliphatic heterocycles. The molecular weight excluding hydrogens is 340 g/mol. The van der Waals surface area contributed by atoms with E-state index in [1.807, 2.05) is 12.4 Å². The molecule has 2 heterocycles. The normalized spacial score (nSPS) is 21.6. The topological polar surface area (TPSA) is 74.3 Å². The number of nitrogens with zero attached hydrogens (tertiary/aromatic N) is 2. The summed E-state index contributed by atoms with van der Waals surface area (Å²) in [4.78, 5) is 30.9. The third-order valence-corrected chi connectivity index (χ3v) is 6.12. The number of rotatable bonds is 6. The van der Waals surface area contributed by atoms with Crippen LogP contribution < -0.4 is 10.6 Å². The molecule has 1 saturated carbocycles. The summed E-state index contributed by atoms with van der Waals surface area (Å²) >= 11 is 0. The summed E-state index contributed by atoms with van der Waals surface area (Å²) in [5.74, 6) is 0.154. The van der Waals surface area contributed by atoms with Gasteiger partial charge in [-0.1, -0.05) is 12.8 Å². The van der Waals surface area contributed by atoms with Crippen LogP contribution in [0.25, 0.3) is 0 Å².